The number of thiophene rings is 1. The SMILES string of the molecule is CCC(Nc1cc(C(=O)OC)ccc1F)c1cccs1. The Hall–Kier alpha value is -1.88. The molecule has 20 heavy (non-hydrogen) atoms. The van der Waals surface area contributed by atoms with E-state index in [0.29, 0.717) is 11.3 Å². The van der Waals surface area contributed by atoms with Crippen LogP contribution in [0.1, 0.15) is 34.6 Å². The zero-order chi connectivity index (χ0) is 14.5. The molecule has 0 saturated heterocycles. The van der Waals surface area contributed by atoms with Gasteiger partial charge in [0, 0.05) is 4.88 Å². The van der Waals surface area contributed by atoms with Crippen LogP contribution in [0.15, 0.2) is 35.7 Å². The maximum Gasteiger partial charge on any atom is 0.337 e. The summed E-state index contributed by atoms with van der Waals surface area (Å²) in [6, 6.07) is 8.17. The van der Waals surface area contributed by atoms with Crippen molar-refractivity contribution in [1.29, 1.82) is 0 Å². The van der Waals surface area contributed by atoms with Crippen LogP contribution in [0.2, 0.25) is 0 Å². The highest BCUT2D eigenvalue weighted by Gasteiger charge is 2.15. The van der Waals surface area contributed by atoms with E-state index in [1.54, 1.807) is 11.3 Å². The van der Waals surface area contributed by atoms with Gasteiger partial charge in [-0.2, -0.15) is 0 Å². The number of hydrogen-bond acceptors (Lipinski definition) is 4. The number of halogens is 1. The molecule has 0 spiro atoms. The lowest BCUT2D eigenvalue weighted by Gasteiger charge is -2.18. The molecule has 0 aliphatic rings. The van der Waals surface area contributed by atoms with Crippen LogP contribution in [0.25, 0.3) is 0 Å². The Morgan fingerprint density at radius 2 is 2.25 bits per heavy atom. The van der Waals surface area contributed by atoms with E-state index in [9.17, 15) is 9.18 Å². The highest BCUT2D eigenvalue weighted by Crippen LogP contribution is 2.28. The molecule has 1 unspecified atom stereocenters. The number of hydrogen-bond donors (Lipinski definition) is 1. The van der Waals surface area contributed by atoms with Crippen LogP contribution >= 0.6 is 11.3 Å². The Balaban J connectivity index is 2.25. The first-order chi connectivity index (χ1) is 9.65. The van der Waals surface area contributed by atoms with Crippen molar-refractivity contribution >= 4 is 23.0 Å². The van der Waals surface area contributed by atoms with Crippen LogP contribution in [0.5, 0.6) is 0 Å². The summed E-state index contributed by atoms with van der Waals surface area (Å²) in [5.74, 6) is -0.857. The number of nitrogens with one attached hydrogen (secondary N) is 1. The minimum atomic E-state index is -0.475. The maximum absolute atomic E-state index is 13.9. The highest BCUT2D eigenvalue weighted by molar-refractivity contribution is 7.10. The predicted molar refractivity (Wildman–Crippen MR) is 78.7 cm³/mol. The number of rotatable bonds is 5. The molecule has 0 amide bonds. The fourth-order valence-corrected chi connectivity index (χ4v) is 2.79. The number of anilines is 1. The van der Waals surface area contributed by atoms with Gasteiger partial charge in [0.1, 0.15) is 5.82 Å². The molecular formula is C15H16FNO2S. The summed E-state index contributed by atoms with van der Waals surface area (Å²) in [7, 11) is 1.30. The molecule has 0 aliphatic carbocycles. The molecular weight excluding hydrogens is 277 g/mol. The molecule has 3 nitrogen and oxygen atoms in total. The number of esters is 1. The van der Waals surface area contributed by atoms with Crippen molar-refractivity contribution in [2.24, 2.45) is 0 Å². The predicted octanol–water partition coefficient (Wildman–Crippen LogP) is 4.24. The lowest BCUT2D eigenvalue weighted by molar-refractivity contribution is 0.0600. The Labute approximate surface area is 121 Å². The lowest BCUT2D eigenvalue weighted by Crippen LogP contribution is -2.11. The standard InChI is InChI=1S/C15H16FNO2S/c1-3-12(14-5-4-8-20-14)17-13-9-10(15(18)19-2)6-7-11(13)16/h4-9,12,17H,3H2,1-2H3. The molecule has 1 N–H and O–H groups in total. The molecule has 5 heteroatoms. The average Bonchev–Trinajstić information content (AvgIpc) is 2.99. The van der Waals surface area contributed by atoms with Crippen molar-refractivity contribution in [3.63, 3.8) is 0 Å². The van der Waals surface area contributed by atoms with Gasteiger partial charge in [-0.05, 0) is 36.1 Å². The first-order valence-electron chi connectivity index (χ1n) is 6.33. The monoisotopic (exact) mass is 293 g/mol. The zero-order valence-electron chi connectivity index (χ0n) is 11.4. The van der Waals surface area contributed by atoms with E-state index in [1.807, 2.05) is 24.4 Å². The Morgan fingerprint density at radius 1 is 1.45 bits per heavy atom. The third kappa shape index (κ3) is 3.17. The van der Waals surface area contributed by atoms with Crippen LogP contribution in [0.3, 0.4) is 0 Å². The number of carbonyl (C=O) groups is 1. The molecule has 0 saturated carbocycles. The van der Waals surface area contributed by atoms with E-state index in [-0.39, 0.29) is 11.9 Å². The first-order valence-corrected chi connectivity index (χ1v) is 7.21. The van der Waals surface area contributed by atoms with Crippen LogP contribution in [-0.2, 0) is 4.74 Å². The van der Waals surface area contributed by atoms with Gasteiger partial charge in [0.05, 0.1) is 24.4 Å². The van der Waals surface area contributed by atoms with E-state index in [2.05, 4.69) is 10.1 Å². The third-order valence-corrected chi connectivity index (χ3v) is 4.00. The van der Waals surface area contributed by atoms with Crippen molar-refractivity contribution in [3.8, 4) is 0 Å². The van der Waals surface area contributed by atoms with Gasteiger partial charge in [-0.15, -0.1) is 11.3 Å². The van der Waals surface area contributed by atoms with Gasteiger partial charge >= 0.3 is 5.97 Å². The molecule has 1 atom stereocenters. The molecule has 0 fully saturated rings. The molecule has 0 aliphatic heterocycles. The number of ether oxygens (including phenoxy) is 1. The molecule has 1 aromatic carbocycles. The second kappa shape index (κ2) is 6.52. The minimum Gasteiger partial charge on any atom is -0.465 e. The summed E-state index contributed by atoms with van der Waals surface area (Å²) in [5, 5.41) is 5.13. The summed E-state index contributed by atoms with van der Waals surface area (Å²) in [4.78, 5) is 12.6. The molecule has 106 valence electrons. The van der Waals surface area contributed by atoms with Crippen LogP contribution in [0, 0.1) is 5.82 Å². The fourth-order valence-electron chi connectivity index (χ4n) is 1.93. The Bertz CT molecular complexity index is 584. The molecule has 2 rings (SSSR count). The third-order valence-electron chi connectivity index (χ3n) is 3.01. The van der Waals surface area contributed by atoms with Crippen LogP contribution < -0.4 is 5.32 Å². The molecule has 0 bridgehead atoms. The normalized spacial score (nSPS) is 11.9. The summed E-state index contributed by atoms with van der Waals surface area (Å²) < 4.78 is 18.5. The molecule has 0 radical (unpaired) electrons. The van der Waals surface area contributed by atoms with Crippen LogP contribution in [-0.4, -0.2) is 13.1 Å². The lowest BCUT2D eigenvalue weighted by atomic mass is 10.1. The van der Waals surface area contributed by atoms with Gasteiger partial charge in [0.25, 0.3) is 0 Å². The van der Waals surface area contributed by atoms with Gasteiger partial charge < -0.3 is 10.1 Å². The van der Waals surface area contributed by atoms with Gasteiger partial charge in [-0.3, -0.25) is 0 Å². The van der Waals surface area contributed by atoms with Crippen molar-refractivity contribution in [3.05, 3.63) is 52.0 Å². The highest BCUT2D eigenvalue weighted by atomic mass is 32.1. The van der Waals surface area contributed by atoms with E-state index in [4.69, 9.17) is 0 Å². The van der Waals surface area contributed by atoms with E-state index in [1.165, 1.54) is 25.3 Å². The first kappa shape index (κ1) is 14.5. The maximum atomic E-state index is 13.9. The van der Waals surface area contributed by atoms with Crippen molar-refractivity contribution in [1.82, 2.24) is 0 Å². The smallest absolute Gasteiger partial charge is 0.337 e. The largest absolute Gasteiger partial charge is 0.465 e. The summed E-state index contributed by atoms with van der Waals surface area (Å²) in [5.41, 5.74) is 0.644. The van der Waals surface area contributed by atoms with Crippen LogP contribution in [0.4, 0.5) is 10.1 Å². The molecule has 1 aromatic heterocycles. The number of benzene rings is 1. The zero-order valence-corrected chi connectivity index (χ0v) is 12.2. The quantitative estimate of drug-likeness (QED) is 0.838. The van der Waals surface area contributed by atoms with Gasteiger partial charge in [-0.25, -0.2) is 9.18 Å². The Morgan fingerprint density at radius 3 is 2.85 bits per heavy atom. The summed E-state index contributed by atoms with van der Waals surface area (Å²) in [6.45, 7) is 2.03. The summed E-state index contributed by atoms with van der Waals surface area (Å²) in [6.07, 6.45) is 0.822. The fraction of sp³-hybridized carbons (Fsp3) is 0.267. The number of carbonyl (C=O) groups excluding carboxylic acids is 1. The van der Waals surface area contributed by atoms with Gasteiger partial charge in [-0.1, -0.05) is 13.0 Å². The van der Waals surface area contributed by atoms with Crippen molar-refractivity contribution in [2.45, 2.75) is 19.4 Å². The van der Waals surface area contributed by atoms with Gasteiger partial charge in [0.15, 0.2) is 0 Å². The molecule has 1 heterocycles. The average molecular weight is 293 g/mol. The topological polar surface area (TPSA) is 38.3 Å². The minimum absolute atomic E-state index is 0.0254. The summed E-state index contributed by atoms with van der Waals surface area (Å²) >= 11 is 1.62. The Kier molecular flexibility index (Phi) is 4.74. The van der Waals surface area contributed by atoms with Crippen molar-refractivity contribution in [2.75, 3.05) is 12.4 Å². The van der Waals surface area contributed by atoms with Gasteiger partial charge in [0.2, 0.25) is 0 Å². The number of methoxy groups -OCH3 is 1. The van der Waals surface area contributed by atoms with E-state index < -0.39 is 5.97 Å². The van der Waals surface area contributed by atoms with E-state index in [0.717, 1.165) is 11.3 Å². The second-order valence-corrected chi connectivity index (χ2v) is 5.29. The van der Waals surface area contributed by atoms with E-state index >= 15 is 0 Å². The van der Waals surface area contributed by atoms with Crippen molar-refractivity contribution < 1.29 is 13.9 Å². The molecule has 2 aromatic rings. The second-order valence-electron chi connectivity index (χ2n) is 4.31.